The van der Waals surface area contributed by atoms with E-state index in [1.807, 2.05) is 12.1 Å². The summed E-state index contributed by atoms with van der Waals surface area (Å²) in [7, 11) is 3.09. The number of ether oxygens (including phenoxy) is 4. The highest BCUT2D eigenvalue weighted by atomic mass is 32.1. The van der Waals surface area contributed by atoms with Gasteiger partial charge in [-0.2, -0.15) is 0 Å². The normalized spacial score (nSPS) is 12.1. The summed E-state index contributed by atoms with van der Waals surface area (Å²) < 4.78 is 23.9. The van der Waals surface area contributed by atoms with Gasteiger partial charge in [-0.1, -0.05) is 6.07 Å². The molecule has 41 heavy (non-hydrogen) atoms. The Kier molecular flexibility index (Phi) is 8.24. The third-order valence-electron chi connectivity index (χ3n) is 6.45. The predicted molar refractivity (Wildman–Crippen MR) is 153 cm³/mol. The Morgan fingerprint density at radius 1 is 0.902 bits per heavy atom. The van der Waals surface area contributed by atoms with Gasteiger partial charge >= 0.3 is 5.69 Å². The summed E-state index contributed by atoms with van der Waals surface area (Å²) >= 11 is 1.14. The number of benzene rings is 2. The van der Waals surface area contributed by atoms with Gasteiger partial charge in [-0.05, 0) is 47.7 Å². The number of hydrogen-bond acceptors (Lipinski definition) is 9. The first kappa shape index (κ1) is 27.8. The van der Waals surface area contributed by atoms with Crippen LogP contribution in [0.4, 0.5) is 5.69 Å². The van der Waals surface area contributed by atoms with Crippen LogP contribution in [0.15, 0.2) is 57.4 Å². The maximum atomic E-state index is 13.4. The number of carbonyl (C=O) groups is 2. The number of thiophene rings is 1. The Morgan fingerprint density at radius 2 is 1.66 bits per heavy atom. The van der Waals surface area contributed by atoms with Crippen molar-refractivity contribution >= 4 is 39.1 Å². The van der Waals surface area contributed by atoms with Crippen LogP contribution in [-0.4, -0.2) is 54.9 Å². The zero-order chi connectivity index (χ0) is 28.9. The molecule has 5 rings (SSSR count). The summed E-state index contributed by atoms with van der Waals surface area (Å²) in [6.45, 7) is 0.282. The van der Waals surface area contributed by atoms with Gasteiger partial charge in [0.2, 0.25) is 11.8 Å². The monoisotopic (exact) mass is 580 g/mol. The van der Waals surface area contributed by atoms with Gasteiger partial charge in [0.1, 0.15) is 31.0 Å². The molecule has 0 spiro atoms. The quantitative estimate of drug-likeness (QED) is 0.291. The van der Waals surface area contributed by atoms with Gasteiger partial charge in [0.25, 0.3) is 5.56 Å². The van der Waals surface area contributed by atoms with Crippen LogP contribution in [-0.2, 0) is 29.1 Å². The van der Waals surface area contributed by atoms with Gasteiger partial charge in [-0.15, -0.1) is 11.3 Å². The maximum Gasteiger partial charge on any atom is 0.332 e. The molecule has 2 aromatic carbocycles. The van der Waals surface area contributed by atoms with Gasteiger partial charge < -0.3 is 29.6 Å². The molecular weight excluding hydrogens is 552 g/mol. The van der Waals surface area contributed by atoms with Crippen LogP contribution in [0.3, 0.4) is 0 Å². The van der Waals surface area contributed by atoms with Crippen LogP contribution in [0.5, 0.6) is 23.0 Å². The number of hydrogen-bond donors (Lipinski definition) is 2. The molecule has 0 unspecified atom stereocenters. The van der Waals surface area contributed by atoms with Gasteiger partial charge in [0.05, 0.1) is 19.7 Å². The average Bonchev–Trinajstić information content (AvgIpc) is 3.47. The van der Waals surface area contributed by atoms with Crippen LogP contribution in [0.25, 0.3) is 10.2 Å². The predicted octanol–water partition coefficient (Wildman–Crippen LogP) is 2.01. The van der Waals surface area contributed by atoms with Crippen LogP contribution in [0, 0.1) is 0 Å². The molecule has 2 aromatic heterocycles. The standard InChI is InChI=1S/C28H28N4O8S/c1-37-20-5-3-17(13-22(20)38-2)7-9-29-24(33)15-32-27(35)26-19(8-12-41-26)31(28(32)36)16-25(34)30-18-4-6-21-23(14-18)40-11-10-39-21/h3-6,8,12-14H,7,9-11,15-16H2,1-2H3,(H,29,33)(H,30,34). The topological polar surface area (TPSA) is 139 Å². The summed E-state index contributed by atoms with van der Waals surface area (Å²) in [5.41, 5.74) is 0.363. The molecule has 2 amide bonds. The average molecular weight is 581 g/mol. The second kappa shape index (κ2) is 12.2. The number of rotatable bonds is 10. The molecule has 12 nitrogen and oxygen atoms in total. The summed E-state index contributed by atoms with van der Waals surface area (Å²) in [6.07, 6.45) is 0.495. The van der Waals surface area contributed by atoms with Crippen molar-refractivity contribution in [2.75, 3.05) is 39.3 Å². The highest BCUT2D eigenvalue weighted by Crippen LogP contribution is 2.32. The number of anilines is 1. The third kappa shape index (κ3) is 6.04. The molecule has 0 radical (unpaired) electrons. The van der Waals surface area contributed by atoms with Gasteiger partial charge in [-0.3, -0.25) is 19.0 Å². The van der Waals surface area contributed by atoms with E-state index >= 15 is 0 Å². The maximum absolute atomic E-state index is 13.4. The summed E-state index contributed by atoms with van der Waals surface area (Å²) in [5, 5.41) is 7.15. The lowest BCUT2D eigenvalue weighted by Gasteiger charge is -2.19. The smallest absolute Gasteiger partial charge is 0.332 e. The van der Waals surface area contributed by atoms with Crippen molar-refractivity contribution in [1.29, 1.82) is 0 Å². The molecule has 0 atom stereocenters. The Bertz CT molecular complexity index is 1720. The van der Waals surface area contributed by atoms with Crippen LogP contribution in [0.1, 0.15) is 5.56 Å². The molecule has 0 aliphatic carbocycles. The molecule has 0 saturated carbocycles. The van der Waals surface area contributed by atoms with E-state index in [-0.39, 0.29) is 17.8 Å². The van der Waals surface area contributed by atoms with E-state index in [1.165, 1.54) is 4.57 Å². The lowest BCUT2D eigenvalue weighted by atomic mass is 10.1. The minimum Gasteiger partial charge on any atom is -0.493 e. The van der Waals surface area contributed by atoms with Crippen molar-refractivity contribution in [3.05, 3.63) is 74.2 Å². The number of aromatic nitrogens is 2. The second-order valence-corrected chi connectivity index (χ2v) is 10.0. The Balaban J connectivity index is 1.28. The van der Waals surface area contributed by atoms with Crippen molar-refractivity contribution in [3.63, 3.8) is 0 Å². The van der Waals surface area contributed by atoms with Crippen molar-refractivity contribution in [2.45, 2.75) is 19.5 Å². The lowest BCUT2D eigenvalue weighted by molar-refractivity contribution is -0.121. The molecule has 1 aliphatic heterocycles. The molecule has 13 heteroatoms. The molecule has 3 heterocycles. The number of fused-ring (bicyclic) bond motifs is 2. The van der Waals surface area contributed by atoms with Crippen molar-refractivity contribution in [2.24, 2.45) is 0 Å². The molecule has 4 aromatic rings. The van der Waals surface area contributed by atoms with Gasteiger partial charge in [0, 0.05) is 18.3 Å². The molecule has 0 bridgehead atoms. The highest BCUT2D eigenvalue weighted by Gasteiger charge is 2.19. The van der Waals surface area contributed by atoms with Crippen LogP contribution >= 0.6 is 11.3 Å². The van der Waals surface area contributed by atoms with E-state index in [1.54, 1.807) is 49.9 Å². The van der Waals surface area contributed by atoms with Crippen molar-refractivity contribution in [1.82, 2.24) is 14.5 Å². The van der Waals surface area contributed by atoms with E-state index in [0.717, 1.165) is 21.5 Å². The second-order valence-electron chi connectivity index (χ2n) is 9.09. The Hall–Kier alpha value is -4.78. The molecule has 2 N–H and O–H groups in total. The molecular formula is C28H28N4O8S. The molecule has 0 fully saturated rings. The van der Waals surface area contributed by atoms with E-state index < -0.39 is 29.6 Å². The highest BCUT2D eigenvalue weighted by molar-refractivity contribution is 7.17. The minimum absolute atomic E-state index is 0.273. The first-order chi connectivity index (χ1) is 19.9. The summed E-state index contributed by atoms with van der Waals surface area (Å²) in [5.74, 6) is 1.27. The van der Waals surface area contributed by atoms with Gasteiger partial charge in [-0.25, -0.2) is 9.36 Å². The van der Waals surface area contributed by atoms with E-state index in [9.17, 15) is 19.2 Å². The molecule has 1 aliphatic rings. The van der Waals surface area contributed by atoms with E-state index in [0.29, 0.717) is 53.8 Å². The summed E-state index contributed by atoms with van der Waals surface area (Å²) in [4.78, 5) is 52.1. The number of methoxy groups -OCH3 is 2. The largest absolute Gasteiger partial charge is 0.493 e. The fraction of sp³-hybridized carbons (Fsp3) is 0.286. The fourth-order valence-corrected chi connectivity index (χ4v) is 5.32. The first-order valence-electron chi connectivity index (χ1n) is 12.8. The number of nitrogens with zero attached hydrogens (tertiary/aromatic N) is 2. The molecule has 214 valence electrons. The first-order valence-corrected chi connectivity index (χ1v) is 13.6. The van der Waals surface area contributed by atoms with Crippen LogP contribution < -0.4 is 40.8 Å². The fourth-order valence-electron chi connectivity index (χ4n) is 4.47. The summed E-state index contributed by atoms with van der Waals surface area (Å²) in [6, 6.07) is 12.1. The number of amides is 2. The lowest BCUT2D eigenvalue weighted by Crippen LogP contribution is -2.44. The number of nitrogens with one attached hydrogen (secondary N) is 2. The zero-order valence-corrected chi connectivity index (χ0v) is 23.2. The third-order valence-corrected chi connectivity index (χ3v) is 7.34. The SMILES string of the molecule is COc1ccc(CCNC(=O)Cn2c(=O)c3sccc3n(CC(=O)Nc3ccc4c(c3)OCCO4)c2=O)cc1OC. The Morgan fingerprint density at radius 3 is 2.44 bits per heavy atom. The van der Waals surface area contributed by atoms with E-state index in [2.05, 4.69) is 10.6 Å². The van der Waals surface area contributed by atoms with Crippen molar-refractivity contribution in [3.8, 4) is 23.0 Å². The number of carbonyl (C=O) groups excluding carboxylic acids is 2. The molecule has 0 saturated heterocycles. The Labute approximate surface area is 238 Å². The zero-order valence-electron chi connectivity index (χ0n) is 22.4. The van der Waals surface area contributed by atoms with Crippen molar-refractivity contribution < 1.29 is 28.5 Å². The van der Waals surface area contributed by atoms with Crippen LogP contribution in [0.2, 0.25) is 0 Å². The van der Waals surface area contributed by atoms with Gasteiger partial charge in [0.15, 0.2) is 23.0 Å². The minimum atomic E-state index is -0.756. The van der Waals surface area contributed by atoms with E-state index in [4.69, 9.17) is 18.9 Å².